The van der Waals surface area contributed by atoms with Gasteiger partial charge in [-0.1, -0.05) is 29.8 Å². The van der Waals surface area contributed by atoms with Crippen LogP contribution in [0.2, 0.25) is 0 Å². The second-order valence-corrected chi connectivity index (χ2v) is 8.52. The molecule has 0 unspecified atom stereocenters. The third kappa shape index (κ3) is 4.20. The molecule has 4 nitrogen and oxygen atoms in total. The summed E-state index contributed by atoms with van der Waals surface area (Å²) in [5, 5.41) is 4.27. The predicted molar refractivity (Wildman–Crippen MR) is 113 cm³/mol. The molecule has 1 amide bonds. The fourth-order valence-corrected chi connectivity index (χ4v) is 4.91. The van der Waals surface area contributed by atoms with Crippen molar-refractivity contribution >= 4 is 33.1 Å². The summed E-state index contributed by atoms with van der Waals surface area (Å²) in [5.74, 6) is 0.483. The first-order valence-electron chi connectivity index (χ1n) is 9.53. The number of anilines is 1. The molecule has 1 N–H and O–H groups in total. The first-order valence-corrected chi connectivity index (χ1v) is 10.3. The van der Waals surface area contributed by atoms with Gasteiger partial charge in [0.2, 0.25) is 5.91 Å². The molecule has 0 saturated carbocycles. The van der Waals surface area contributed by atoms with Crippen molar-refractivity contribution in [3.63, 3.8) is 0 Å². The number of thiazole rings is 1. The van der Waals surface area contributed by atoms with E-state index >= 15 is 0 Å². The van der Waals surface area contributed by atoms with Crippen molar-refractivity contribution in [2.75, 3.05) is 25.0 Å². The Balaban J connectivity index is 1.40. The monoisotopic (exact) mass is 379 g/mol. The molecular formula is C22H25N3OS. The van der Waals surface area contributed by atoms with E-state index in [1.807, 2.05) is 25.1 Å². The number of rotatable bonds is 4. The minimum absolute atomic E-state index is 0.0619. The molecule has 5 heteroatoms. The lowest BCUT2D eigenvalue weighted by molar-refractivity contribution is -0.117. The fraction of sp³-hybridized carbons (Fsp3) is 0.364. The molecule has 140 valence electrons. The number of aryl methyl sites for hydroxylation is 2. The number of carbonyl (C=O) groups is 1. The lowest BCUT2D eigenvalue weighted by Gasteiger charge is -2.31. The second-order valence-electron chi connectivity index (χ2n) is 7.46. The van der Waals surface area contributed by atoms with E-state index in [1.54, 1.807) is 11.3 Å². The van der Waals surface area contributed by atoms with Crippen LogP contribution in [0.25, 0.3) is 10.2 Å². The van der Waals surface area contributed by atoms with Crippen LogP contribution in [0.3, 0.4) is 0 Å². The number of benzene rings is 2. The quantitative estimate of drug-likeness (QED) is 0.713. The van der Waals surface area contributed by atoms with E-state index in [0.29, 0.717) is 12.5 Å². The molecule has 2 aromatic carbocycles. The maximum Gasteiger partial charge on any atom is 0.238 e. The highest BCUT2D eigenvalue weighted by atomic mass is 32.1. The van der Waals surface area contributed by atoms with E-state index in [9.17, 15) is 4.79 Å². The smallest absolute Gasteiger partial charge is 0.238 e. The number of hydrogen-bond donors (Lipinski definition) is 1. The highest BCUT2D eigenvalue weighted by Crippen LogP contribution is 2.32. The Morgan fingerprint density at radius 3 is 2.93 bits per heavy atom. The Kier molecular flexibility index (Phi) is 5.23. The second kappa shape index (κ2) is 7.79. The lowest BCUT2D eigenvalue weighted by atomic mass is 9.99. The van der Waals surface area contributed by atoms with Crippen LogP contribution in [-0.2, 0) is 4.79 Å². The summed E-state index contributed by atoms with van der Waals surface area (Å²) < 4.78 is 1.25. The molecule has 1 atom stereocenters. The Labute approximate surface area is 164 Å². The van der Waals surface area contributed by atoms with Gasteiger partial charge in [0.1, 0.15) is 0 Å². The van der Waals surface area contributed by atoms with Crippen LogP contribution in [0, 0.1) is 13.8 Å². The first kappa shape index (κ1) is 18.1. The van der Waals surface area contributed by atoms with Gasteiger partial charge in [-0.15, -0.1) is 11.3 Å². The molecule has 0 spiro atoms. The average Bonchev–Trinajstić information content (AvgIpc) is 3.08. The summed E-state index contributed by atoms with van der Waals surface area (Å²) in [7, 11) is 0. The average molecular weight is 380 g/mol. The number of aromatic nitrogens is 1. The molecular weight excluding hydrogens is 354 g/mol. The Morgan fingerprint density at radius 1 is 1.26 bits per heavy atom. The van der Waals surface area contributed by atoms with Gasteiger partial charge in [0.15, 0.2) is 0 Å². The number of carbonyl (C=O) groups excluding carboxylic acids is 1. The van der Waals surface area contributed by atoms with E-state index in [2.05, 4.69) is 41.4 Å². The molecule has 2 heterocycles. The van der Waals surface area contributed by atoms with Gasteiger partial charge in [0.05, 0.1) is 21.8 Å². The molecule has 1 saturated heterocycles. The lowest BCUT2D eigenvalue weighted by Crippen LogP contribution is -2.39. The maximum atomic E-state index is 12.5. The Bertz CT molecular complexity index is 932. The summed E-state index contributed by atoms with van der Waals surface area (Å²) in [6.45, 7) is 6.41. The number of piperidine rings is 1. The van der Waals surface area contributed by atoms with E-state index < -0.39 is 0 Å². The van der Waals surface area contributed by atoms with Gasteiger partial charge < -0.3 is 5.32 Å². The van der Waals surface area contributed by atoms with Crippen molar-refractivity contribution in [1.82, 2.24) is 9.88 Å². The summed E-state index contributed by atoms with van der Waals surface area (Å²) in [6, 6.07) is 14.4. The first-order chi connectivity index (χ1) is 13.1. The SMILES string of the molecule is Cc1ccc(NC(=O)CN2CCC[C@H](c3nc4ccccc4s3)C2)c(C)c1. The van der Waals surface area contributed by atoms with Crippen LogP contribution >= 0.6 is 11.3 Å². The number of amides is 1. The van der Waals surface area contributed by atoms with E-state index in [1.165, 1.54) is 15.3 Å². The molecule has 1 fully saturated rings. The Morgan fingerprint density at radius 2 is 2.11 bits per heavy atom. The minimum Gasteiger partial charge on any atom is -0.325 e. The van der Waals surface area contributed by atoms with Gasteiger partial charge in [-0.25, -0.2) is 4.98 Å². The van der Waals surface area contributed by atoms with Gasteiger partial charge in [0.25, 0.3) is 0 Å². The standard InChI is InChI=1S/C22H25N3OS/c1-15-9-10-18(16(2)12-15)23-21(26)14-25-11-5-6-17(13-25)22-24-19-7-3-4-8-20(19)27-22/h3-4,7-10,12,17H,5-6,11,13-14H2,1-2H3,(H,23,26)/t17-/m0/s1. The highest BCUT2D eigenvalue weighted by molar-refractivity contribution is 7.18. The number of fused-ring (bicyclic) bond motifs is 1. The van der Waals surface area contributed by atoms with Crippen LogP contribution < -0.4 is 5.32 Å². The van der Waals surface area contributed by atoms with Crippen molar-refractivity contribution in [3.05, 3.63) is 58.6 Å². The molecule has 1 aromatic heterocycles. The molecule has 0 radical (unpaired) electrons. The zero-order chi connectivity index (χ0) is 18.8. The molecule has 3 aromatic rings. The van der Waals surface area contributed by atoms with E-state index in [-0.39, 0.29) is 5.91 Å². The number of para-hydroxylation sites is 1. The Hall–Kier alpha value is -2.24. The maximum absolute atomic E-state index is 12.5. The summed E-state index contributed by atoms with van der Waals surface area (Å²) in [6.07, 6.45) is 2.26. The van der Waals surface area contributed by atoms with Crippen LogP contribution in [0.1, 0.15) is 34.9 Å². The number of nitrogens with one attached hydrogen (secondary N) is 1. The van der Waals surface area contributed by atoms with Crippen LogP contribution in [0.15, 0.2) is 42.5 Å². The van der Waals surface area contributed by atoms with Gasteiger partial charge in [-0.05, 0) is 57.0 Å². The number of nitrogens with zero attached hydrogens (tertiary/aromatic N) is 2. The molecule has 0 aliphatic carbocycles. The molecule has 1 aliphatic rings. The molecule has 4 rings (SSSR count). The highest BCUT2D eigenvalue weighted by Gasteiger charge is 2.25. The van der Waals surface area contributed by atoms with Gasteiger partial charge >= 0.3 is 0 Å². The predicted octanol–water partition coefficient (Wildman–Crippen LogP) is 4.73. The molecule has 0 bridgehead atoms. The third-order valence-corrected chi connectivity index (χ3v) is 6.39. The van der Waals surface area contributed by atoms with Crippen molar-refractivity contribution in [2.24, 2.45) is 0 Å². The van der Waals surface area contributed by atoms with Gasteiger partial charge in [-0.2, -0.15) is 0 Å². The third-order valence-electron chi connectivity index (χ3n) is 5.19. The largest absolute Gasteiger partial charge is 0.325 e. The molecule has 1 aliphatic heterocycles. The van der Waals surface area contributed by atoms with E-state index in [0.717, 1.165) is 42.7 Å². The zero-order valence-electron chi connectivity index (χ0n) is 15.9. The van der Waals surface area contributed by atoms with Gasteiger partial charge in [-0.3, -0.25) is 9.69 Å². The van der Waals surface area contributed by atoms with Crippen molar-refractivity contribution in [1.29, 1.82) is 0 Å². The van der Waals surface area contributed by atoms with Crippen LogP contribution in [-0.4, -0.2) is 35.4 Å². The van der Waals surface area contributed by atoms with Crippen molar-refractivity contribution < 1.29 is 4.79 Å². The van der Waals surface area contributed by atoms with E-state index in [4.69, 9.17) is 4.98 Å². The summed E-state index contributed by atoms with van der Waals surface area (Å²) in [4.78, 5) is 19.6. The summed E-state index contributed by atoms with van der Waals surface area (Å²) >= 11 is 1.79. The fourth-order valence-electron chi connectivity index (χ4n) is 3.81. The van der Waals surface area contributed by atoms with Crippen LogP contribution in [0.5, 0.6) is 0 Å². The minimum atomic E-state index is 0.0619. The zero-order valence-corrected chi connectivity index (χ0v) is 16.7. The number of hydrogen-bond acceptors (Lipinski definition) is 4. The van der Waals surface area contributed by atoms with Gasteiger partial charge in [0, 0.05) is 18.2 Å². The summed E-state index contributed by atoms with van der Waals surface area (Å²) in [5.41, 5.74) is 4.31. The van der Waals surface area contributed by atoms with Crippen molar-refractivity contribution in [3.8, 4) is 0 Å². The normalized spacial score (nSPS) is 17.9. The van der Waals surface area contributed by atoms with Crippen molar-refractivity contribution in [2.45, 2.75) is 32.6 Å². The topological polar surface area (TPSA) is 45.2 Å². The number of likely N-dealkylation sites (tertiary alicyclic amines) is 1. The van der Waals surface area contributed by atoms with Crippen LogP contribution in [0.4, 0.5) is 5.69 Å². The molecule has 27 heavy (non-hydrogen) atoms.